The van der Waals surface area contributed by atoms with E-state index in [9.17, 15) is 4.79 Å². The molecule has 0 aromatic rings. The molecule has 0 spiro atoms. The number of halogens is 2. The fourth-order valence-electron chi connectivity index (χ4n) is 0.0412. The van der Waals surface area contributed by atoms with Gasteiger partial charge in [-0.3, -0.25) is 4.79 Å². The van der Waals surface area contributed by atoms with Crippen LogP contribution in [0, 0.1) is 0 Å². The topological polar surface area (TPSA) is 57.5 Å². The van der Waals surface area contributed by atoms with E-state index in [4.69, 9.17) is 33.4 Å². The Morgan fingerprint density at radius 2 is 1.73 bits per heavy atom. The SMILES string of the molecule is CCC(=O)O.OC(CCl)CCl. The predicted molar refractivity (Wildman–Crippen MR) is 45.4 cm³/mol. The Balaban J connectivity index is 0. The van der Waals surface area contributed by atoms with Gasteiger partial charge >= 0.3 is 5.97 Å². The maximum absolute atomic E-state index is 9.37. The fourth-order valence-corrected chi connectivity index (χ4v) is 0.371. The molecule has 0 aromatic carbocycles. The molecule has 0 heterocycles. The minimum absolute atomic E-state index is 0.222. The molecule has 0 amide bonds. The van der Waals surface area contributed by atoms with E-state index in [2.05, 4.69) is 0 Å². The van der Waals surface area contributed by atoms with Crippen molar-refractivity contribution in [1.29, 1.82) is 0 Å². The summed E-state index contributed by atoms with van der Waals surface area (Å²) in [6, 6.07) is 0. The smallest absolute Gasteiger partial charge is 0.303 e. The predicted octanol–water partition coefficient (Wildman–Crippen LogP) is 1.31. The lowest BCUT2D eigenvalue weighted by Crippen LogP contribution is -2.08. The van der Waals surface area contributed by atoms with Crippen molar-refractivity contribution < 1.29 is 15.0 Å². The summed E-state index contributed by atoms with van der Waals surface area (Å²) in [5.74, 6) is -0.294. The Kier molecular flexibility index (Phi) is 12.4. The van der Waals surface area contributed by atoms with Gasteiger partial charge < -0.3 is 10.2 Å². The average molecular weight is 203 g/mol. The van der Waals surface area contributed by atoms with Crippen LogP contribution in [0.2, 0.25) is 0 Å². The molecule has 11 heavy (non-hydrogen) atoms. The molecule has 0 aliphatic heterocycles. The van der Waals surface area contributed by atoms with Gasteiger partial charge in [-0.25, -0.2) is 0 Å². The maximum Gasteiger partial charge on any atom is 0.303 e. The van der Waals surface area contributed by atoms with Crippen LogP contribution in [0.1, 0.15) is 13.3 Å². The normalized spacial score (nSPS) is 8.82. The number of aliphatic hydroxyl groups is 1. The second-order valence-corrected chi connectivity index (χ2v) is 2.33. The standard InChI is InChI=1S/C3H6Cl2O.C3H6O2/c4-1-3(6)2-5;1-2-3(4)5/h3,6H,1-2H2;2H2,1H3,(H,4,5). The molecule has 68 valence electrons. The van der Waals surface area contributed by atoms with Crippen LogP contribution in [0.4, 0.5) is 0 Å². The van der Waals surface area contributed by atoms with Crippen LogP contribution in [-0.4, -0.2) is 34.0 Å². The summed E-state index contributed by atoms with van der Waals surface area (Å²) in [6.07, 6.45) is -0.312. The second-order valence-electron chi connectivity index (χ2n) is 1.71. The van der Waals surface area contributed by atoms with Crippen LogP contribution >= 0.6 is 23.2 Å². The summed E-state index contributed by atoms with van der Waals surface area (Å²) in [4.78, 5) is 9.37. The highest BCUT2D eigenvalue weighted by Crippen LogP contribution is 1.88. The van der Waals surface area contributed by atoms with Crippen LogP contribution in [0.15, 0.2) is 0 Å². The van der Waals surface area contributed by atoms with Crippen molar-refractivity contribution in [3.05, 3.63) is 0 Å². The summed E-state index contributed by atoms with van der Waals surface area (Å²) in [5.41, 5.74) is 0. The Morgan fingerprint density at radius 3 is 1.73 bits per heavy atom. The zero-order valence-electron chi connectivity index (χ0n) is 6.26. The number of carboxylic acid groups (broad SMARTS) is 1. The minimum Gasteiger partial charge on any atom is -0.481 e. The molecule has 5 heteroatoms. The first-order valence-electron chi connectivity index (χ1n) is 3.10. The third-order valence-electron chi connectivity index (χ3n) is 0.659. The van der Waals surface area contributed by atoms with Crippen molar-refractivity contribution in [2.24, 2.45) is 0 Å². The Hall–Kier alpha value is 0.01000. The highest BCUT2D eigenvalue weighted by molar-refractivity contribution is 6.21. The molecule has 2 N–H and O–H groups in total. The van der Waals surface area contributed by atoms with E-state index in [-0.39, 0.29) is 18.2 Å². The minimum atomic E-state index is -0.745. The van der Waals surface area contributed by atoms with Gasteiger partial charge in [0.05, 0.1) is 6.10 Å². The van der Waals surface area contributed by atoms with E-state index in [0.717, 1.165) is 0 Å². The Bertz CT molecular complexity index is 93.8. The maximum atomic E-state index is 9.37. The molecule has 0 atom stereocenters. The highest BCUT2D eigenvalue weighted by Gasteiger charge is 1.94. The highest BCUT2D eigenvalue weighted by atomic mass is 35.5. The van der Waals surface area contributed by atoms with E-state index < -0.39 is 12.1 Å². The summed E-state index contributed by atoms with van der Waals surface area (Å²) in [6.45, 7) is 1.60. The van der Waals surface area contributed by atoms with Crippen LogP contribution in [-0.2, 0) is 4.79 Å². The quantitative estimate of drug-likeness (QED) is 0.679. The first-order valence-corrected chi connectivity index (χ1v) is 4.17. The number of aliphatic carboxylic acids is 1. The number of rotatable bonds is 3. The molecule has 0 aliphatic rings. The monoisotopic (exact) mass is 202 g/mol. The van der Waals surface area contributed by atoms with Crippen LogP contribution in [0.5, 0.6) is 0 Å². The molecular weight excluding hydrogens is 191 g/mol. The van der Waals surface area contributed by atoms with Gasteiger partial charge in [-0.1, -0.05) is 6.92 Å². The van der Waals surface area contributed by atoms with E-state index >= 15 is 0 Å². The average Bonchev–Trinajstić information content (AvgIpc) is 2.04. The summed E-state index contributed by atoms with van der Waals surface area (Å²) < 4.78 is 0. The van der Waals surface area contributed by atoms with Crippen molar-refractivity contribution in [1.82, 2.24) is 0 Å². The summed E-state index contributed by atoms with van der Waals surface area (Å²) in [5, 5.41) is 16.1. The first-order chi connectivity index (χ1) is 5.08. The van der Waals surface area contributed by atoms with Gasteiger partial charge in [-0.15, -0.1) is 23.2 Å². The number of aliphatic hydroxyl groups excluding tert-OH is 1. The zero-order valence-corrected chi connectivity index (χ0v) is 7.77. The van der Waals surface area contributed by atoms with Gasteiger partial charge in [-0.2, -0.15) is 0 Å². The third-order valence-corrected chi connectivity index (χ3v) is 1.37. The molecule has 0 rings (SSSR count). The van der Waals surface area contributed by atoms with Crippen molar-refractivity contribution in [3.8, 4) is 0 Å². The lowest BCUT2D eigenvalue weighted by atomic mass is 10.5. The van der Waals surface area contributed by atoms with E-state index in [1.807, 2.05) is 0 Å². The molecule has 0 unspecified atom stereocenters. The van der Waals surface area contributed by atoms with Crippen LogP contribution in [0.3, 0.4) is 0 Å². The van der Waals surface area contributed by atoms with E-state index in [1.54, 1.807) is 6.92 Å². The van der Waals surface area contributed by atoms with Crippen LogP contribution < -0.4 is 0 Å². The number of alkyl halides is 2. The number of carbonyl (C=O) groups is 1. The molecule has 0 aromatic heterocycles. The Morgan fingerprint density at radius 1 is 1.45 bits per heavy atom. The molecule has 0 aliphatic carbocycles. The lowest BCUT2D eigenvalue weighted by Gasteiger charge is -1.94. The van der Waals surface area contributed by atoms with Crippen molar-refractivity contribution in [2.45, 2.75) is 19.4 Å². The summed E-state index contributed by atoms with van der Waals surface area (Å²) >= 11 is 10.2. The zero-order chi connectivity index (χ0) is 9.28. The number of hydrogen-bond acceptors (Lipinski definition) is 2. The van der Waals surface area contributed by atoms with E-state index in [0.29, 0.717) is 0 Å². The van der Waals surface area contributed by atoms with Gasteiger partial charge in [0.1, 0.15) is 0 Å². The largest absolute Gasteiger partial charge is 0.481 e. The van der Waals surface area contributed by atoms with Gasteiger partial charge in [-0.05, 0) is 0 Å². The third kappa shape index (κ3) is 17.8. The van der Waals surface area contributed by atoms with Crippen molar-refractivity contribution in [2.75, 3.05) is 11.8 Å². The van der Waals surface area contributed by atoms with Gasteiger partial charge in [0.15, 0.2) is 0 Å². The number of hydrogen-bond donors (Lipinski definition) is 2. The molecular formula is C6H12Cl2O3. The van der Waals surface area contributed by atoms with Gasteiger partial charge in [0.25, 0.3) is 0 Å². The van der Waals surface area contributed by atoms with Crippen molar-refractivity contribution in [3.63, 3.8) is 0 Å². The molecule has 0 radical (unpaired) electrons. The lowest BCUT2D eigenvalue weighted by molar-refractivity contribution is -0.136. The molecule has 0 saturated carbocycles. The molecule has 0 fully saturated rings. The molecule has 0 bridgehead atoms. The second kappa shape index (κ2) is 10.0. The summed E-state index contributed by atoms with van der Waals surface area (Å²) in [7, 11) is 0. The van der Waals surface area contributed by atoms with Crippen LogP contribution in [0.25, 0.3) is 0 Å². The Labute approximate surface area is 75.9 Å². The first kappa shape index (κ1) is 13.6. The fraction of sp³-hybridized carbons (Fsp3) is 0.833. The van der Waals surface area contributed by atoms with E-state index in [1.165, 1.54) is 0 Å². The molecule has 3 nitrogen and oxygen atoms in total. The van der Waals surface area contributed by atoms with Gasteiger partial charge in [0, 0.05) is 18.2 Å². The van der Waals surface area contributed by atoms with Crippen molar-refractivity contribution >= 4 is 29.2 Å². The van der Waals surface area contributed by atoms with Gasteiger partial charge in [0.2, 0.25) is 0 Å². The number of carboxylic acids is 1. The molecule has 0 saturated heterocycles.